The van der Waals surface area contributed by atoms with Gasteiger partial charge in [0.25, 0.3) is 0 Å². The second-order valence-electron chi connectivity index (χ2n) is 4.80. The minimum absolute atomic E-state index is 0.0356. The first-order valence-corrected chi connectivity index (χ1v) is 7.25. The Bertz CT molecular complexity index is 501. The first kappa shape index (κ1) is 14.6. The Morgan fingerprint density at radius 1 is 1.45 bits per heavy atom. The average Bonchev–Trinajstić information content (AvgIpc) is 3.07. The summed E-state index contributed by atoms with van der Waals surface area (Å²) in [4.78, 5) is 12.4. The van der Waals surface area contributed by atoms with Crippen LogP contribution in [0.4, 0.5) is 4.79 Å². The molecule has 1 atom stereocenters. The molecule has 2 aromatic heterocycles. The third-order valence-electron chi connectivity index (χ3n) is 2.78. The summed E-state index contributed by atoms with van der Waals surface area (Å²) in [6.45, 7) is 3.79. The van der Waals surface area contributed by atoms with Crippen LogP contribution in [0.2, 0.25) is 0 Å². The maximum Gasteiger partial charge on any atom is 0.315 e. The summed E-state index contributed by atoms with van der Waals surface area (Å²) in [6.07, 6.45) is 1.50. The number of aliphatic hydroxyl groups is 1. The number of thiophene rings is 1. The van der Waals surface area contributed by atoms with Crippen molar-refractivity contribution < 1.29 is 14.3 Å². The molecule has 0 aliphatic heterocycles. The van der Waals surface area contributed by atoms with Gasteiger partial charge < -0.3 is 20.2 Å². The molecule has 5 nitrogen and oxygen atoms in total. The number of rotatable bonds is 5. The summed E-state index contributed by atoms with van der Waals surface area (Å²) < 4.78 is 5.32. The number of hydrogen-bond donors (Lipinski definition) is 3. The van der Waals surface area contributed by atoms with Crippen LogP contribution in [-0.4, -0.2) is 23.7 Å². The minimum Gasteiger partial charge on any atom is -0.466 e. The Hall–Kier alpha value is -1.79. The Kier molecular flexibility index (Phi) is 4.46. The molecule has 0 fully saturated rings. The number of amides is 2. The molecule has 2 heterocycles. The number of carbonyl (C=O) groups is 1. The highest BCUT2D eigenvalue weighted by Crippen LogP contribution is 2.32. The van der Waals surface area contributed by atoms with E-state index in [1.807, 2.05) is 31.4 Å². The van der Waals surface area contributed by atoms with Gasteiger partial charge in [-0.3, -0.25) is 0 Å². The van der Waals surface area contributed by atoms with E-state index in [1.165, 1.54) is 17.6 Å². The van der Waals surface area contributed by atoms with Crippen LogP contribution in [0, 0.1) is 0 Å². The van der Waals surface area contributed by atoms with Crippen molar-refractivity contribution in [2.24, 2.45) is 0 Å². The van der Waals surface area contributed by atoms with Gasteiger partial charge in [0.15, 0.2) is 5.60 Å². The van der Waals surface area contributed by atoms with E-state index in [4.69, 9.17) is 4.42 Å². The molecule has 20 heavy (non-hydrogen) atoms. The predicted molar refractivity (Wildman–Crippen MR) is 77.7 cm³/mol. The van der Waals surface area contributed by atoms with Crippen molar-refractivity contribution in [1.29, 1.82) is 0 Å². The van der Waals surface area contributed by atoms with Crippen molar-refractivity contribution in [3.8, 4) is 0 Å². The van der Waals surface area contributed by atoms with Gasteiger partial charge in [-0.25, -0.2) is 4.79 Å². The van der Waals surface area contributed by atoms with Crippen molar-refractivity contribution in [2.75, 3.05) is 6.54 Å². The molecule has 6 heteroatoms. The van der Waals surface area contributed by atoms with Crippen LogP contribution in [0.15, 0.2) is 40.3 Å². The zero-order valence-electron chi connectivity index (χ0n) is 11.4. The van der Waals surface area contributed by atoms with Gasteiger partial charge in [-0.1, -0.05) is 6.07 Å². The van der Waals surface area contributed by atoms with Crippen LogP contribution in [-0.2, 0) is 5.60 Å². The first-order valence-electron chi connectivity index (χ1n) is 6.37. The van der Waals surface area contributed by atoms with Crippen molar-refractivity contribution in [1.82, 2.24) is 10.6 Å². The van der Waals surface area contributed by atoms with Crippen LogP contribution in [0.3, 0.4) is 0 Å². The molecule has 3 N–H and O–H groups in total. The molecule has 0 unspecified atom stereocenters. The van der Waals surface area contributed by atoms with E-state index in [0.717, 1.165) is 4.88 Å². The van der Waals surface area contributed by atoms with Gasteiger partial charge in [0, 0.05) is 10.9 Å². The molecule has 0 saturated heterocycles. The predicted octanol–water partition coefficient (Wildman–Crippen LogP) is 2.28. The number of nitrogens with one attached hydrogen (secondary N) is 2. The number of hydrogen-bond acceptors (Lipinski definition) is 4. The first-order chi connectivity index (χ1) is 9.52. The maximum atomic E-state index is 11.7. The number of urea groups is 1. The Labute approximate surface area is 121 Å². The lowest BCUT2D eigenvalue weighted by Gasteiger charge is -2.25. The molecule has 0 bridgehead atoms. The molecule has 0 aliphatic carbocycles. The van der Waals surface area contributed by atoms with E-state index in [9.17, 15) is 9.90 Å². The lowest BCUT2D eigenvalue weighted by atomic mass is 9.99. The largest absolute Gasteiger partial charge is 0.466 e. The monoisotopic (exact) mass is 294 g/mol. The summed E-state index contributed by atoms with van der Waals surface area (Å²) in [5.41, 5.74) is -1.36. The van der Waals surface area contributed by atoms with E-state index in [2.05, 4.69) is 10.6 Å². The SMILES string of the molecule is CC(C)NC(=O)NC[C@@](O)(c1ccco1)c1cccs1. The van der Waals surface area contributed by atoms with E-state index in [0.29, 0.717) is 5.76 Å². The molecule has 2 aromatic rings. The van der Waals surface area contributed by atoms with Gasteiger partial charge >= 0.3 is 6.03 Å². The Morgan fingerprint density at radius 3 is 2.80 bits per heavy atom. The second-order valence-corrected chi connectivity index (χ2v) is 5.74. The second kappa shape index (κ2) is 6.11. The van der Waals surface area contributed by atoms with Crippen molar-refractivity contribution in [3.63, 3.8) is 0 Å². The van der Waals surface area contributed by atoms with Crippen LogP contribution in [0.5, 0.6) is 0 Å². The summed E-state index contributed by atoms with van der Waals surface area (Å²) in [7, 11) is 0. The quantitative estimate of drug-likeness (QED) is 0.792. The van der Waals surface area contributed by atoms with Crippen LogP contribution in [0.1, 0.15) is 24.5 Å². The fraction of sp³-hybridized carbons (Fsp3) is 0.357. The number of furan rings is 1. The molecule has 0 saturated carbocycles. The van der Waals surface area contributed by atoms with Gasteiger partial charge in [0.2, 0.25) is 0 Å². The fourth-order valence-corrected chi connectivity index (χ4v) is 2.67. The van der Waals surface area contributed by atoms with Crippen molar-refractivity contribution in [2.45, 2.75) is 25.5 Å². The van der Waals surface area contributed by atoms with E-state index >= 15 is 0 Å². The molecular formula is C14H18N2O3S. The molecule has 108 valence electrons. The third kappa shape index (κ3) is 3.20. The normalized spacial score (nSPS) is 14.0. The summed E-state index contributed by atoms with van der Waals surface area (Å²) in [5.74, 6) is 0.407. The topological polar surface area (TPSA) is 74.5 Å². The van der Waals surface area contributed by atoms with Crippen molar-refractivity contribution >= 4 is 17.4 Å². The Balaban J connectivity index is 2.15. The summed E-state index contributed by atoms with van der Waals surface area (Å²) in [5, 5.41) is 18.2. The fourth-order valence-electron chi connectivity index (χ4n) is 1.84. The summed E-state index contributed by atoms with van der Waals surface area (Å²) >= 11 is 1.41. The molecule has 0 aromatic carbocycles. The highest BCUT2D eigenvalue weighted by atomic mass is 32.1. The lowest BCUT2D eigenvalue weighted by molar-refractivity contribution is 0.0622. The smallest absolute Gasteiger partial charge is 0.315 e. The minimum atomic E-state index is -1.36. The van der Waals surface area contributed by atoms with E-state index < -0.39 is 5.60 Å². The molecule has 2 rings (SSSR count). The molecule has 0 spiro atoms. The van der Waals surface area contributed by atoms with Crippen LogP contribution < -0.4 is 10.6 Å². The summed E-state index contributed by atoms with van der Waals surface area (Å²) in [6, 6.07) is 6.79. The third-order valence-corrected chi connectivity index (χ3v) is 3.80. The Morgan fingerprint density at radius 2 is 2.25 bits per heavy atom. The van der Waals surface area contributed by atoms with Gasteiger partial charge in [-0.05, 0) is 37.4 Å². The van der Waals surface area contributed by atoms with E-state index in [-0.39, 0.29) is 18.6 Å². The zero-order valence-corrected chi connectivity index (χ0v) is 12.2. The van der Waals surface area contributed by atoms with Gasteiger partial charge in [-0.15, -0.1) is 11.3 Å². The molecular weight excluding hydrogens is 276 g/mol. The zero-order chi connectivity index (χ0) is 14.6. The molecule has 0 aliphatic rings. The molecule has 2 amide bonds. The number of carbonyl (C=O) groups excluding carboxylic acids is 1. The van der Waals surface area contributed by atoms with Crippen LogP contribution >= 0.6 is 11.3 Å². The van der Waals surface area contributed by atoms with E-state index in [1.54, 1.807) is 12.1 Å². The van der Waals surface area contributed by atoms with Gasteiger partial charge in [0.05, 0.1) is 12.8 Å². The highest BCUT2D eigenvalue weighted by Gasteiger charge is 2.36. The maximum absolute atomic E-state index is 11.7. The lowest BCUT2D eigenvalue weighted by Crippen LogP contribution is -2.46. The molecule has 0 radical (unpaired) electrons. The average molecular weight is 294 g/mol. The highest BCUT2D eigenvalue weighted by molar-refractivity contribution is 7.10. The van der Waals surface area contributed by atoms with Crippen molar-refractivity contribution in [3.05, 3.63) is 46.5 Å². The van der Waals surface area contributed by atoms with Gasteiger partial charge in [-0.2, -0.15) is 0 Å². The van der Waals surface area contributed by atoms with Crippen LogP contribution in [0.25, 0.3) is 0 Å². The van der Waals surface area contributed by atoms with Gasteiger partial charge in [0.1, 0.15) is 5.76 Å². The standard InChI is InChI=1S/C14H18N2O3S/c1-10(2)16-13(17)15-9-14(18,11-5-3-7-19-11)12-6-4-8-20-12/h3-8,10,18H,9H2,1-2H3,(H2,15,16,17)/t14-/m1/s1.